The topological polar surface area (TPSA) is 55.1 Å². The predicted molar refractivity (Wildman–Crippen MR) is 61.4 cm³/mol. The molecule has 0 spiro atoms. The van der Waals surface area contributed by atoms with Gasteiger partial charge in [0.2, 0.25) is 0 Å². The second-order valence-electron chi connectivity index (χ2n) is 3.17. The predicted octanol–water partition coefficient (Wildman–Crippen LogP) is 2.09. The van der Waals surface area contributed by atoms with Crippen molar-refractivity contribution in [2.75, 3.05) is 5.75 Å². The first-order valence-electron chi connectivity index (χ1n) is 4.50. The van der Waals surface area contributed by atoms with Gasteiger partial charge in [0.25, 0.3) is 0 Å². The van der Waals surface area contributed by atoms with Crippen molar-refractivity contribution >= 4 is 29.3 Å². The molecule has 0 aliphatic heterocycles. The summed E-state index contributed by atoms with van der Waals surface area (Å²) in [5, 5.41) is 13.3. The highest BCUT2D eigenvalue weighted by molar-refractivity contribution is 7.98. The lowest BCUT2D eigenvalue weighted by molar-refractivity contribution is -0.136. The van der Waals surface area contributed by atoms with E-state index in [0.29, 0.717) is 16.5 Å². The van der Waals surface area contributed by atoms with Crippen LogP contribution < -0.4 is 0 Å². The third kappa shape index (κ3) is 3.43. The Morgan fingerprint density at radius 2 is 2.33 bits per heavy atom. The Labute approximate surface area is 97.6 Å². The van der Waals surface area contributed by atoms with E-state index in [4.69, 9.17) is 16.7 Å². The lowest BCUT2D eigenvalue weighted by atomic mass is 10.4. The maximum absolute atomic E-state index is 10.3. The molecule has 0 aliphatic carbocycles. The molecule has 84 valence electrons. The van der Waals surface area contributed by atoms with E-state index >= 15 is 0 Å². The Morgan fingerprint density at radius 1 is 1.67 bits per heavy atom. The lowest BCUT2D eigenvalue weighted by Crippen LogP contribution is -1.99. The van der Waals surface area contributed by atoms with E-state index in [0.717, 1.165) is 11.4 Å². The van der Waals surface area contributed by atoms with Crippen LogP contribution in [0.1, 0.15) is 17.8 Å². The number of rotatable bonds is 5. The molecule has 0 bridgehead atoms. The molecule has 1 heterocycles. The Kier molecular flexibility index (Phi) is 4.47. The fourth-order valence-electron chi connectivity index (χ4n) is 1.17. The fourth-order valence-corrected chi connectivity index (χ4v) is 2.46. The lowest BCUT2D eigenvalue weighted by Gasteiger charge is -2.01. The average Bonchev–Trinajstić information content (AvgIpc) is 2.37. The summed E-state index contributed by atoms with van der Waals surface area (Å²) in [6.45, 7) is 1.85. The summed E-state index contributed by atoms with van der Waals surface area (Å²) < 4.78 is 1.74. The van der Waals surface area contributed by atoms with E-state index in [1.165, 1.54) is 0 Å². The molecule has 0 saturated heterocycles. The molecule has 0 aliphatic rings. The van der Waals surface area contributed by atoms with E-state index < -0.39 is 5.97 Å². The van der Waals surface area contributed by atoms with Crippen molar-refractivity contribution in [2.45, 2.75) is 19.1 Å². The summed E-state index contributed by atoms with van der Waals surface area (Å²) in [5.74, 6) is 0.522. The van der Waals surface area contributed by atoms with E-state index in [1.807, 2.05) is 14.0 Å². The second-order valence-corrected chi connectivity index (χ2v) is 4.65. The molecule has 4 nitrogen and oxygen atoms in total. The third-order valence-corrected chi connectivity index (χ3v) is 3.42. The van der Waals surface area contributed by atoms with Gasteiger partial charge in [0.1, 0.15) is 0 Å². The van der Waals surface area contributed by atoms with Crippen LogP contribution >= 0.6 is 23.4 Å². The highest BCUT2D eigenvalue weighted by Crippen LogP contribution is 2.23. The van der Waals surface area contributed by atoms with Crippen molar-refractivity contribution in [1.82, 2.24) is 9.78 Å². The number of carboxylic acids is 1. The van der Waals surface area contributed by atoms with Crippen LogP contribution in [0.5, 0.6) is 0 Å². The van der Waals surface area contributed by atoms with Crippen molar-refractivity contribution in [3.05, 3.63) is 16.4 Å². The zero-order valence-corrected chi connectivity index (χ0v) is 10.2. The van der Waals surface area contributed by atoms with Gasteiger partial charge in [-0.3, -0.25) is 9.48 Å². The van der Waals surface area contributed by atoms with Crippen molar-refractivity contribution in [3.63, 3.8) is 0 Å². The Bertz CT molecular complexity index is 365. The molecule has 0 aromatic carbocycles. The molecule has 1 N–H and O–H groups in total. The normalized spacial score (nSPS) is 10.6. The summed E-state index contributed by atoms with van der Waals surface area (Å²) in [4.78, 5) is 10.3. The van der Waals surface area contributed by atoms with E-state index in [1.54, 1.807) is 16.4 Å². The largest absolute Gasteiger partial charge is 0.481 e. The van der Waals surface area contributed by atoms with Gasteiger partial charge < -0.3 is 5.11 Å². The number of thioether (sulfide) groups is 1. The molecule has 1 aromatic rings. The smallest absolute Gasteiger partial charge is 0.304 e. The highest BCUT2D eigenvalue weighted by Gasteiger charge is 2.10. The summed E-state index contributed by atoms with van der Waals surface area (Å²) in [5.41, 5.74) is 1.76. The van der Waals surface area contributed by atoms with Gasteiger partial charge in [-0.15, -0.1) is 0 Å². The molecule has 0 amide bonds. The number of aromatic nitrogens is 2. The standard InChI is InChI=1S/C9H13ClN2O2S/c1-6-9(10)7(12(2)11-6)5-15-4-3-8(13)14/h3-5H2,1-2H3,(H,13,14). The van der Waals surface area contributed by atoms with Crippen LogP contribution in [0.2, 0.25) is 5.02 Å². The molecule has 6 heteroatoms. The molecule has 0 unspecified atom stereocenters. The van der Waals surface area contributed by atoms with E-state index in [9.17, 15) is 4.79 Å². The first-order chi connectivity index (χ1) is 7.02. The Morgan fingerprint density at radius 3 is 2.80 bits per heavy atom. The number of halogens is 1. The molecule has 0 radical (unpaired) electrons. The number of aliphatic carboxylic acids is 1. The Balaban J connectivity index is 2.47. The number of hydrogen-bond acceptors (Lipinski definition) is 3. The van der Waals surface area contributed by atoms with Gasteiger partial charge in [-0.2, -0.15) is 16.9 Å². The maximum atomic E-state index is 10.3. The molecule has 15 heavy (non-hydrogen) atoms. The van der Waals surface area contributed by atoms with Gasteiger partial charge in [0, 0.05) is 18.6 Å². The number of carboxylic acid groups (broad SMARTS) is 1. The highest BCUT2D eigenvalue weighted by atomic mass is 35.5. The minimum absolute atomic E-state index is 0.180. The Hall–Kier alpha value is -0.680. The van der Waals surface area contributed by atoms with Crippen LogP contribution in [0, 0.1) is 6.92 Å². The number of carbonyl (C=O) groups is 1. The van der Waals surface area contributed by atoms with Crippen molar-refractivity contribution in [2.24, 2.45) is 7.05 Å². The van der Waals surface area contributed by atoms with Gasteiger partial charge in [0.05, 0.1) is 22.8 Å². The number of nitrogens with zero attached hydrogens (tertiary/aromatic N) is 2. The van der Waals surface area contributed by atoms with Gasteiger partial charge in [-0.05, 0) is 6.92 Å². The van der Waals surface area contributed by atoms with Gasteiger partial charge in [-0.25, -0.2) is 0 Å². The van der Waals surface area contributed by atoms with Crippen LogP contribution in [0.4, 0.5) is 0 Å². The van der Waals surface area contributed by atoms with E-state index in [2.05, 4.69) is 5.10 Å². The molecular weight excluding hydrogens is 236 g/mol. The molecule has 1 aromatic heterocycles. The third-order valence-electron chi connectivity index (χ3n) is 1.96. The molecule has 0 atom stereocenters. The quantitative estimate of drug-likeness (QED) is 0.811. The fraction of sp³-hybridized carbons (Fsp3) is 0.556. The summed E-state index contributed by atoms with van der Waals surface area (Å²) in [6.07, 6.45) is 0.180. The van der Waals surface area contributed by atoms with Crippen molar-refractivity contribution in [3.8, 4) is 0 Å². The van der Waals surface area contributed by atoms with Crippen LogP contribution in [0.15, 0.2) is 0 Å². The maximum Gasteiger partial charge on any atom is 0.304 e. The molecule has 0 saturated carbocycles. The minimum atomic E-state index is -0.769. The van der Waals surface area contributed by atoms with Gasteiger partial charge in [0.15, 0.2) is 0 Å². The van der Waals surface area contributed by atoms with E-state index in [-0.39, 0.29) is 6.42 Å². The average molecular weight is 249 g/mol. The van der Waals surface area contributed by atoms with Crippen LogP contribution in [0.25, 0.3) is 0 Å². The van der Waals surface area contributed by atoms with Crippen molar-refractivity contribution in [1.29, 1.82) is 0 Å². The molecule has 1 rings (SSSR count). The molecular formula is C9H13ClN2O2S. The molecule has 0 fully saturated rings. The zero-order valence-electron chi connectivity index (χ0n) is 8.66. The SMILES string of the molecule is Cc1nn(C)c(CSCCC(=O)O)c1Cl. The summed E-state index contributed by atoms with van der Waals surface area (Å²) >= 11 is 7.59. The number of hydrogen-bond donors (Lipinski definition) is 1. The second kappa shape index (κ2) is 5.42. The monoisotopic (exact) mass is 248 g/mol. The summed E-state index contributed by atoms with van der Waals surface area (Å²) in [7, 11) is 1.84. The van der Waals surface area contributed by atoms with Crippen LogP contribution in [-0.2, 0) is 17.6 Å². The van der Waals surface area contributed by atoms with Crippen molar-refractivity contribution < 1.29 is 9.90 Å². The number of aryl methyl sites for hydroxylation is 2. The van der Waals surface area contributed by atoms with Crippen LogP contribution in [0.3, 0.4) is 0 Å². The first-order valence-corrected chi connectivity index (χ1v) is 6.03. The van der Waals surface area contributed by atoms with Gasteiger partial charge in [-0.1, -0.05) is 11.6 Å². The first kappa shape index (κ1) is 12.4. The van der Waals surface area contributed by atoms with Crippen LogP contribution in [-0.4, -0.2) is 26.6 Å². The summed E-state index contributed by atoms with van der Waals surface area (Å²) in [6, 6.07) is 0. The van der Waals surface area contributed by atoms with Gasteiger partial charge >= 0.3 is 5.97 Å². The zero-order chi connectivity index (χ0) is 11.4. The minimum Gasteiger partial charge on any atom is -0.481 e.